The highest BCUT2D eigenvalue weighted by Gasteiger charge is 2.29. The topological polar surface area (TPSA) is 61.8 Å². The third-order valence-corrected chi connectivity index (χ3v) is 4.55. The fraction of sp³-hybridized carbons (Fsp3) is 0.933. The van der Waals surface area contributed by atoms with Crippen LogP contribution in [-0.4, -0.2) is 61.4 Å². The van der Waals surface area contributed by atoms with Crippen LogP contribution in [0, 0.1) is 5.92 Å². The van der Waals surface area contributed by atoms with Gasteiger partial charge >= 0.3 is 0 Å². The molecule has 5 nitrogen and oxygen atoms in total. The third kappa shape index (κ3) is 4.43. The molecular weight excluding hydrogens is 256 g/mol. The van der Waals surface area contributed by atoms with E-state index >= 15 is 0 Å². The number of rotatable bonds is 5. The molecule has 0 aromatic carbocycles. The minimum absolute atomic E-state index is 0.0134. The van der Waals surface area contributed by atoms with E-state index in [-0.39, 0.29) is 24.7 Å². The lowest BCUT2D eigenvalue weighted by Gasteiger charge is -2.34. The SMILES string of the molecule is CN1CCOC(C(=O)NC(CCO)C2CCCCC2)C1. The van der Waals surface area contributed by atoms with E-state index in [4.69, 9.17) is 4.74 Å². The number of aliphatic hydroxyl groups excluding tert-OH is 1. The van der Waals surface area contributed by atoms with Gasteiger partial charge in [-0.3, -0.25) is 4.79 Å². The van der Waals surface area contributed by atoms with E-state index in [0.717, 1.165) is 19.4 Å². The summed E-state index contributed by atoms with van der Waals surface area (Å²) in [5.74, 6) is 0.502. The summed E-state index contributed by atoms with van der Waals surface area (Å²) in [4.78, 5) is 14.4. The second-order valence-corrected chi connectivity index (χ2v) is 6.15. The van der Waals surface area contributed by atoms with Crippen molar-refractivity contribution in [3.8, 4) is 0 Å². The van der Waals surface area contributed by atoms with Crippen LogP contribution in [0.15, 0.2) is 0 Å². The van der Waals surface area contributed by atoms with Crippen LogP contribution in [0.5, 0.6) is 0 Å². The monoisotopic (exact) mass is 284 g/mol. The Morgan fingerprint density at radius 1 is 1.40 bits per heavy atom. The summed E-state index contributed by atoms with van der Waals surface area (Å²) in [6, 6.07) is 0.101. The van der Waals surface area contributed by atoms with Crippen molar-refractivity contribution in [2.75, 3.05) is 33.4 Å². The first-order chi connectivity index (χ1) is 9.70. The first-order valence-corrected chi connectivity index (χ1v) is 7.92. The van der Waals surface area contributed by atoms with Gasteiger partial charge in [0.25, 0.3) is 5.91 Å². The van der Waals surface area contributed by atoms with Gasteiger partial charge in [-0.1, -0.05) is 19.3 Å². The molecule has 1 saturated heterocycles. The van der Waals surface area contributed by atoms with Crippen molar-refractivity contribution in [3.05, 3.63) is 0 Å². The maximum atomic E-state index is 12.3. The summed E-state index contributed by atoms with van der Waals surface area (Å²) < 4.78 is 5.56. The highest BCUT2D eigenvalue weighted by atomic mass is 16.5. The molecule has 116 valence electrons. The molecule has 0 bridgehead atoms. The minimum atomic E-state index is -0.362. The second-order valence-electron chi connectivity index (χ2n) is 6.15. The van der Waals surface area contributed by atoms with E-state index in [2.05, 4.69) is 10.2 Å². The smallest absolute Gasteiger partial charge is 0.250 e. The standard InChI is InChI=1S/C15H28N2O3/c1-17-8-10-20-14(11-17)15(19)16-13(7-9-18)12-5-3-2-4-6-12/h12-14,18H,2-11H2,1H3,(H,16,19). The van der Waals surface area contributed by atoms with Crippen LogP contribution in [-0.2, 0) is 9.53 Å². The molecule has 2 aliphatic rings. The third-order valence-electron chi connectivity index (χ3n) is 4.55. The normalized spacial score (nSPS) is 27.2. The van der Waals surface area contributed by atoms with Crippen molar-refractivity contribution in [1.29, 1.82) is 0 Å². The Kier molecular flexibility index (Phi) is 6.26. The number of likely N-dealkylation sites (N-methyl/N-ethyl adjacent to an activating group) is 1. The molecule has 2 rings (SSSR count). The number of carbonyl (C=O) groups excluding carboxylic acids is 1. The van der Waals surface area contributed by atoms with Gasteiger partial charge in [0.1, 0.15) is 6.10 Å². The fourth-order valence-corrected chi connectivity index (χ4v) is 3.31. The van der Waals surface area contributed by atoms with Crippen LogP contribution in [0.1, 0.15) is 38.5 Å². The molecule has 1 aliphatic carbocycles. The number of aliphatic hydroxyl groups is 1. The largest absolute Gasteiger partial charge is 0.396 e. The van der Waals surface area contributed by atoms with Gasteiger partial charge in [-0.15, -0.1) is 0 Å². The molecule has 0 radical (unpaired) electrons. The van der Waals surface area contributed by atoms with Crippen molar-refractivity contribution in [1.82, 2.24) is 10.2 Å². The van der Waals surface area contributed by atoms with E-state index in [0.29, 0.717) is 25.5 Å². The molecule has 2 fully saturated rings. The molecule has 0 aromatic heterocycles. The zero-order valence-corrected chi connectivity index (χ0v) is 12.5. The van der Waals surface area contributed by atoms with Crippen LogP contribution >= 0.6 is 0 Å². The molecule has 1 amide bonds. The van der Waals surface area contributed by atoms with Gasteiger partial charge in [0.2, 0.25) is 0 Å². The first kappa shape index (κ1) is 15.7. The summed E-state index contributed by atoms with van der Waals surface area (Å²) >= 11 is 0. The quantitative estimate of drug-likeness (QED) is 0.782. The Morgan fingerprint density at radius 2 is 2.15 bits per heavy atom. The van der Waals surface area contributed by atoms with Gasteiger partial charge in [-0.2, -0.15) is 0 Å². The van der Waals surface area contributed by atoms with Crippen LogP contribution in [0.3, 0.4) is 0 Å². The number of carbonyl (C=O) groups is 1. The molecule has 20 heavy (non-hydrogen) atoms. The average molecular weight is 284 g/mol. The Morgan fingerprint density at radius 3 is 2.80 bits per heavy atom. The van der Waals surface area contributed by atoms with Crippen LogP contribution in [0.4, 0.5) is 0 Å². The van der Waals surface area contributed by atoms with Gasteiger partial charge in [-0.05, 0) is 32.2 Å². The Hall–Kier alpha value is -0.650. The second kappa shape index (κ2) is 7.96. The van der Waals surface area contributed by atoms with Gasteiger partial charge in [0.05, 0.1) is 6.61 Å². The van der Waals surface area contributed by atoms with Gasteiger partial charge in [0.15, 0.2) is 0 Å². The lowest BCUT2D eigenvalue weighted by molar-refractivity contribution is -0.139. The Balaban J connectivity index is 1.87. The maximum absolute atomic E-state index is 12.3. The van der Waals surface area contributed by atoms with Crippen molar-refractivity contribution in [2.24, 2.45) is 5.92 Å². The zero-order valence-electron chi connectivity index (χ0n) is 12.5. The van der Waals surface area contributed by atoms with Crippen molar-refractivity contribution in [3.63, 3.8) is 0 Å². The molecule has 2 N–H and O–H groups in total. The summed E-state index contributed by atoms with van der Waals surface area (Å²) in [6.07, 6.45) is 6.40. The highest BCUT2D eigenvalue weighted by molar-refractivity contribution is 5.81. The molecule has 5 heteroatoms. The molecule has 0 spiro atoms. The summed E-state index contributed by atoms with van der Waals surface area (Å²) in [6.45, 7) is 2.28. The van der Waals surface area contributed by atoms with Crippen molar-refractivity contribution >= 4 is 5.91 Å². The molecule has 2 unspecified atom stereocenters. The van der Waals surface area contributed by atoms with Crippen molar-refractivity contribution < 1.29 is 14.6 Å². The number of amides is 1. The predicted octanol–water partition coefficient (Wildman–Crippen LogP) is 0.764. The van der Waals surface area contributed by atoms with E-state index in [1.165, 1.54) is 19.3 Å². The van der Waals surface area contributed by atoms with Crippen LogP contribution in [0.2, 0.25) is 0 Å². The number of hydrogen-bond acceptors (Lipinski definition) is 4. The molecular formula is C15H28N2O3. The van der Waals surface area contributed by atoms with E-state index in [1.807, 2.05) is 7.05 Å². The number of hydrogen-bond donors (Lipinski definition) is 2. The number of nitrogens with one attached hydrogen (secondary N) is 1. The Labute approximate surface area is 121 Å². The highest BCUT2D eigenvalue weighted by Crippen LogP contribution is 2.27. The lowest BCUT2D eigenvalue weighted by atomic mass is 9.82. The summed E-state index contributed by atoms with van der Waals surface area (Å²) in [5.41, 5.74) is 0. The number of nitrogens with zero attached hydrogens (tertiary/aromatic N) is 1. The van der Waals surface area contributed by atoms with E-state index < -0.39 is 0 Å². The molecule has 1 heterocycles. The van der Waals surface area contributed by atoms with Gasteiger partial charge in [0, 0.05) is 25.7 Å². The molecule has 2 atom stereocenters. The van der Waals surface area contributed by atoms with E-state index in [1.54, 1.807) is 0 Å². The van der Waals surface area contributed by atoms with Gasteiger partial charge < -0.3 is 20.1 Å². The van der Waals surface area contributed by atoms with Gasteiger partial charge in [-0.25, -0.2) is 0 Å². The molecule has 0 aromatic rings. The zero-order chi connectivity index (χ0) is 14.4. The van der Waals surface area contributed by atoms with E-state index in [9.17, 15) is 9.90 Å². The molecule has 1 saturated carbocycles. The molecule has 1 aliphatic heterocycles. The van der Waals surface area contributed by atoms with Crippen LogP contribution in [0.25, 0.3) is 0 Å². The number of ether oxygens (including phenoxy) is 1. The average Bonchev–Trinajstić information content (AvgIpc) is 2.47. The fourth-order valence-electron chi connectivity index (χ4n) is 3.31. The summed E-state index contributed by atoms with van der Waals surface area (Å²) in [7, 11) is 2.01. The number of morpholine rings is 1. The minimum Gasteiger partial charge on any atom is -0.396 e. The van der Waals surface area contributed by atoms with Crippen molar-refractivity contribution in [2.45, 2.75) is 50.7 Å². The predicted molar refractivity (Wildman–Crippen MR) is 77.4 cm³/mol. The Bertz CT molecular complexity index is 305. The first-order valence-electron chi connectivity index (χ1n) is 7.92. The summed E-state index contributed by atoms with van der Waals surface area (Å²) in [5, 5.41) is 12.4. The van der Waals surface area contributed by atoms with Crippen LogP contribution < -0.4 is 5.32 Å². The lowest BCUT2D eigenvalue weighted by Crippen LogP contribution is -2.52. The maximum Gasteiger partial charge on any atom is 0.250 e.